The molecule has 4 aliphatic carbocycles. The molecule has 0 aromatic rings. The van der Waals surface area contributed by atoms with Gasteiger partial charge in [0.15, 0.2) is 0 Å². The molecule has 4 saturated carbocycles. The van der Waals surface area contributed by atoms with Crippen molar-refractivity contribution in [3.63, 3.8) is 0 Å². The molecule has 1 amide bonds. The van der Waals surface area contributed by atoms with Crippen LogP contribution < -0.4 is 10.6 Å². The van der Waals surface area contributed by atoms with Crippen LogP contribution in [0.4, 0.5) is 0 Å². The highest BCUT2D eigenvalue weighted by molar-refractivity contribution is 5.84. The van der Waals surface area contributed by atoms with E-state index in [2.05, 4.69) is 72.9 Å². The number of hydrogen-bond acceptors (Lipinski definition) is 4. The van der Waals surface area contributed by atoms with Crippen LogP contribution in [0.3, 0.4) is 0 Å². The van der Waals surface area contributed by atoms with Gasteiger partial charge in [-0.25, -0.2) is 0 Å². The highest BCUT2D eigenvalue weighted by atomic mass is 16.3. The second kappa shape index (κ2) is 10.5. The first kappa shape index (κ1) is 31.8. The van der Waals surface area contributed by atoms with Crippen LogP contribution in [0, 0.1) is 56.2 Å². The molecule has 41 heavy (non-hydrogen) atoms. The average molecular weight is 573 g/mol. The normalized spacial score (nSPS) is 48.3. The number of fused-ring (bicyclic) bond motifs is 7. The molecule has 11 atom stereocenters. The van der Waals surface area contributed by atoms with Gasteiger partial charge in [0.1, 0.15) is 0 Å². The van der Waals surface area contributed by atoms with Crippen LogP contribution in [-0.2, 0) is 4.79 Å². The second-order valence-corrected chi connectivity index (χ2v) is 17.9. The molecule has 1 aliphatic heterocycles. The molecule has 5 aliphatic rings. The second-order valence-electron chi connectivity index (χ2n) is 17.9. The number of carbonyl (C=O) groups excluding carboxylic acids is 1. The zero-order valence-electron chi connectivity index (χ0n) is 28.0. The number of aliphatic hydroxyl groups is 2. The van der Waals surface area contributed by atoms with Crippen molar-refractivity contribution in [3.05, 3.63) is 0 Å². The summed E-state index contributed by atoms with van der Waals surface area (Å²) in [4.78, 5) is 14.4. The Morgan fingerprint density at radius 2 is 1.59 bits per heavy atom. The summed E-state index contributed by atoms with van der Waals surface area (Å²) >= 11 is 0. The Balaban J connectivity index is 1.53. The minimum Gasteiger partial charge on any atom is -0.394 e. The third-order valence-electron chi connectivity index (χ3n) is 15.3. The van der Waals surface area contributed by atoms with E-state index in [0.717, 1.165) is 57.9 Å². The van der Waals surface area contributed by atoms with Crippen LogP contribution in [0.25, 0.3) is 0 Å². The summed E-state index contributed by atoms with van der Waals surface area (Å²) in [5.74, 6) is 1.94. The van der Waals surface area contributed by atoms with Gasteiger partial charge >= 0.3 is 0 Å². The smallest absolute Gasteiger partial charge is 0.226 e. The van der Waals surface area contributed by atoms with E-state index in [4.69, 9.17) is 0 Å². The first-order chi connectivity index (χ1) is 19.0. The van der Waals surface area contributed by atoms with Gasteiger partial charge in [-0.05, 0) is 121 Å². The zero-order valence-corrected chi connectivity index (χ0v) is 28.0. The van der Waals surface area contributed by atoms with Gasteiger partial charge in [0.25, 0.3) is 0 Å². The van der Waals surface area contributed by atoms with Gasteiger partial charge < -0.3 is 20.8 Å². The molecule has 5 nitrogen and oxygen atoms in total. The van der Waals surface area contributed by atoms with Gasteiger partial charge in [0, 0.05) is 6.04 Å². The molecule has 0 bridgehead atoms. The maximum atomic E-state index is 14.4. The van der Waals surface area contributed by atoms with Gasteiger partial charge in [0.05, 0.1) is 24.2 Å². The molecule has 4 N–H and O–H groups in total. The highest BCUT2D eigenvalue weighted by Gasteiger charge is 2.70. The molecule has 0 spiro atoms. The van der Waals surface area contributed by atoms with Crippen LogP contribution in [0.15, 0.2) is 0 Å². The van der Waals surface area contributed by atoms with Crippen LogP contribution in [0.2, 0.25) is 0 Å². The Hall–Kier alpha value is -0.650. The van der Waals surface area contributed by atoms with E-state index >= 15 is 0 Å². The summed E-state index contributed by atoms with van der Waals surface area (Å²) in [6.45, 7) is 22.7. The maximum absolute atomic E-state index is 14.4. The lowest BCUT2D eigenvalue weighted by molar-refractivity contribution is -0.214. The Labute approximate surface area is 251 Å². The molecular weight excluding hydrogens is 508 g/mol. The zero-order chi connectivity index (χ0) is 30.2. The maximum Gasteiger partial charge on any atom is 0.226 e. The number of carbonyl (C=O) groups is 1. The highest BCUT2D eigenvalue weighted by Crippen LogP contribution is 2.73. The van der Waals surface area contributed by atoms with E-state index < -0.39 is 0 Å². The van der Waals surface area contributed by atoms with Gasteiger partial charge in [-0.15, -0.1) is 0 Å². The van der Waals surface area contributed by atoms with E-state index in [9.17, 15) is 15.0 Å². The fraction of sp³-hybridized carbons (Fsp3) is 0.972. The largest absolute Gasteiger partial charge is 0.394 e. The first-order valence-corrected chi connectivity index (χ1v) is 17.4. The van der Waals surface area contributed by atoms with Crippen LogP contribution >= 0.6 is 0 Å². The summed E-state index contributed by atoms with van der Waals surface area (Å²) in [6, 6.07) is 0.144. The topological polar surface area (TPSA) is 81.6 Å². The summed E-state index contributed by atoms with van der Waals surface area (Å²) < 4.78 is 0. The Bertz CT molecular complexity index is 995. The fourth-order valence-corrected chi connectivity index (χ4v) is 12.1. The number of amides is 1. The summed E-state index contributed by atoms with van der Waals surface area (Å²) in [5.41, 5.74) is 0.359. The quantitative estimate of drug-likeness (QED) is 0.295. The third kappa shape index (κ3) is 4.59. The minimum atomic E-state index is -0.359. The molecule has 0 unspecified atom stereocenters. The number of aliphatic hydroxyl groups excluding tert-OH is 2. The standard InChI is InChI=1S/C36H64N2O3/c1-10-23(2)25(22-39)38-30(41)36-18-16-31(3,4)21-24(36)29-35(9,17-19-36)34(8)15-11-26-32(5,6)28(40)12-14-33(26,7)27(34)13-20-37-29/h23-29,37,39-40H,10-22H2,1-9H3,(H,38,41)/t23-,24-,25-,26-,27+,28-,29-,33-,34+,35+,36-/m0/s1. The predicted octanol–water partition coefficient (Wildman–Crippen LogP) is 6.70. The van der Waals surface area contributed by atoms with Crippen molar-refractivity contribution in [1.29, 1.82) is 0 Å². The molecular formula is C36H64N2O3. The first-order valence-electron chi connectivity index (χ1n) is 17.4. The van der Waals surface area contributed by atoms with Crippen LogP contribution in [0.5, 0.6) is 0 Å². The molecule has 1 heterocycles. The van der Waals surface area contributed by atoms with E-state index in [-0.39, 0.29) is 63.1 Å². The number of rotatable bonds is 5. The fourth-order valence-electron chi connectivity index (χ4n) is 12.1. The average Bonchev–Trinajstić information content (AvgIpc) is 3.03. The monoisotopic (exact) mass is 572 g/mol. The SMILES string of the molecule is CC[C@H](C)[C@H](CO)NC(=O)[C@]12CCC(C)(C)C[C@H]1[C@@H]1NCC[C@@H]3[C@@]4(C)CC[C@H](O)C(C)(C)[C@@H]4CC[C@@]3(C)[C@]1(C)CC2. The lowest BCUT2D eigenvalue weighted by Crippen LogP contribution is -2.69. The van der Waals surface area contributed by atoms with E-state index in [1.165, 1.54) is 19.3 Å². The van der Waals surface area contributed by atoms with Crippen molar-refractivity contribution in [2.75, 3.05) is 13.2 Å². The number of nitrogens with one attached hydrogen (secondary N) is 2. The van der Waals surface area contributed by atoms with Crippen LogP contribution in [-0.4, -0.2) is 47.5 Å². The van der Waals surface area contributed by atoms with Crippen LogP contribution in [0.1, 0.15) is 133 Å². The van der Waals surface area contributed by atoms with E-state index in [1.54, 1.807) is 0 Å². The molecule has 236 valence electrons. The van der Waals surface area contributed by atoms with Crippen molar-refractivity contribution < 1.29 is 15.0 Å². The molecule has 0 aromatic heterocycles. The Morgan fingerprint density at radius 3 is 2.24 bits per heavy atom. The van der Waals surface area contributed by atoms with Gasteiger partial charge in [0.2, 0.25) is 5.91 Å². The van der Waals surface area contributed by atoms with Crippen molar-refractivity contribution in [3.8, 4) is 0 Å². The molecule has 0 aromatic carbocycles. The lowest BCUT2D eigenvalue weighted by Gasteiger charge is -2.69. The molecule has 5 heteroatoms. The van der Waals surface area contributed by atoms with E-state index in [0.29, 0.717) is 23.8 Å². The number of hydrogen-bond donors (Lipinski definition) is 4. The lowest BCUT2D eigenvalue weighted by atomic mass is 9.35. The minimum absolute atomic E-state index is 0.0108. The molecule has 0 radical (unpaired) electrons. The Morgan fingerprint density at radius 1 is 0.902 bits per heavy atom. The van der Waals surface area contributed by atoms with Crippen molar-refractivity contribution >= 4 is 5.91 Å². The van der Waals surface area contributed by atoms with Gasteiger partial charge in [-0.1, -0.05) is 68.7 Å². The van der Waals surface area contributed by atoms with Gasteiger partial charge in [-0.2, -0.15) is 0 Å². The van der Waals surface area contributed by atoms with Crippen molar-refractivity contribution in [1.82, 2.24) is 10.6 Å². The Kier molecular flexibility index (Phi) is 8.11. The summed E-state index contributed by atoms with van der Waals surface area (Å²) in [6.07, 6.45) is 11.6. The van der Waals surface area contributed by atoms with Gasteiger partial charge in [-0.3, -0.25) is 4.79 Å². The summed E-state index contributed by atoms with van der Waals surface area (Å²) in [7, 11) is 0. The molecule has 5 fully saturated rings. The molecule has 5 rings (SSSR count). The summed E-state index contributed by atoms with van der Waals surface area (Å²) in [5, 5.41) is 28.9. The predicted molar refractivity (Wildman–Crippen MR) is 167 cm³/mol. The van der Waals surface area contributed by atoms with E-state index in [1.807, 2.05) is 0 Å². The van der Waals surface area contributed by atoms with Crippen molar-refractivity contribution in [2.24, 2.45) is 56.2 Å². The third-order valence-corrected chi connectivity index (χ3v) is 15.3. The molecule has 1 saturated heterocycles. The van der Waals surface area contributed by atoms with Crippen molar-refractivity contribution in [2.45, 2.75) is 151 Å².